The van der Waals surface area contributed by atoms with Gasteiger partial charge in [-0.2, -0.15) is 0 Å². The number of thiocarbonyl (C=S) groups is 1. The van der Waals surface area contributed by atoms with Crippen molar-refractivity contribution in [1.82, 2.24) is 10.6 Å². The van der Waals surface area contributed by atoms with Crippen LogP contribution in [0.25, 0.3) is 6.08 Å². The number of ether oxygens (including phenoxy) is 2. The molecule has 2 amide bonds. The van der Waals surface area contributed by atoms with E-state index in [0.717, 1.165) is 0 Å². The van der Waals surface area contributed by atoms with Gasteiger partial charge in [0.25, 0.3) is 11.8 Å². The van der Waals surface area contributed by atoms with Crippen molar-refractivity contribution in [2.24, 2.45) is 0 Å². The molecule has 2 rings (SSSR count). The van der Waals surface area contributed by atoms with Crippen LogP contribution >= 0.6 is 34.8 Å². The third-order valence-electron chi connectivity index (χ3n) is 2.75. The smallest absolute Gasteiger partial charge is 0.308 e. The van der Waals surface area contributed by atoms with E-state index in [0.29, 0.717) is 14.9 Å². The van der Waals surface area contributed by atoms with Gasteiger partial charge in [-0.05, 0) is 58.6 Å². The fourth-order valence-corrected chi connectivity index (χ4v) is 2.76. The number of amides is 2. The second kappa shape index (κ2) is 7.04. The lowest BCUT2D eigenvalue weighted by Crippen LogP contribution is -2.51. The first kappa shape index (κ1) is 17.3. The molecule has 120 valence electrons. The molecule has 7 nitrogen and oxygen atoms in total. The molecule has 0 atom stereocenters. The van der Waals surface area contributed by atoms with Gasteiger partial charge < -0.3 is 9.47 Å². The van der Waals surface area contributed by atoms with E-state index in [1.807, 2.05) is 22.6 Å². The minimum Gasteiger partial charge on any atom is -0.493 e. The van der Waals surface area contributed by atoms with Crippen molar-refractivity contribution in [2.75, 3.05) is 7.11 Å². The molecule has 23 heavy (non-hydrogen) atoms. The van der Waals surface area contributed by atoms with Crippen molar-refractivity contribution in [3.05, 3.63) is 26.8 Å². The number of benzene rings is 1. The van der Waals surface area contributed by atoms with Gasteiger partial charge in [0, 0.05) is 6.92 Å². The first-order chi connectivity index (χ1) is 10.8. The Bertz CT molecular complexity index is 738. The van der Waals surface area contributed by atoms with Crippen molar-refractivity contribution in [3.63, 3.8) is 0 Å². The maximum Gasteiger partial charge on any atom is 0.308 e. The molecular formula is C14H11IN2O5S. The van der Waals surface area contributed by atoms with Crippen molar-refractivity contribution in [3.8, 4) is 11.5 Å². The SMILES string of the molecule is COc1cc(C=C2C(=O)NC(=S)NC2=O)cc(I)c1OC(C)=O. The number of carbonyl (C=O) groups is 3. The molecule has 2 N–H and O–H groups in total. The van der Waals surface area contributed by atoms with Gasteiger partial charge in [0.15, 0.2) is 16.6 Å². The normalized spacial score (nSPS) is 14.0. The zero-order valence-corrected chi connectivity index (χ0v) is 15.0. The maximum atomic E-state index is 11.8. The number of nitrogens with one attached hydrogen (secondary N) is 2. The van der Waals surface area contributed by atoms with Crippen molar-refractivity contribution in [1.29, 1.82) is 0 Å². The second-order valence-corrected chi connectivity index (χ2v) is 5.99. The Kier molecular flexibility index (Phi) is 5.31. The highest BCUT2D eigenvalue weighted by Gasteiger charge is 2.26. The van der Waals surface area contributed by atoms with E-state index in [1.54, 1.807) is 12.1 Å². The van der Waals surface area contributed by atoms with E-state index in [2.05, 4.69) is 10.6 Å². The zero-order valence-electron chi connectivity index (χ0n) is 12.1. The summed E-state index contributed by atoms with van der Waals surface area (Å²) in [5.74, 6) is -1.06. The summed E-state index contributed by atoms with van der Waals surface area (Å²) in [6, 6.07) is 3.21. The maximum absolute atomic E-state index is 11.8. The average Bonchev–Trinajstić information content (AvgIpc) is 2.44. The largest absolute Gasteiger partial charge is 0.493 e. The third-order valence-corrected chi connectivity index (χ3v) is 3.76. The molecular weight excluding hydrogens is 435 g/mol. The molecule has 1 aromatic carbocycles. The molecule has 0 radical (unpaired) electrons. The van der Waals surface area contributed by atoms with Crippen LogP contribution in [-0.4, -0.2) is 30.0 Å². The number of methoxy groups -OCH3 is 1. The van der Waals surface area contributed by atoms with Gasteiger partial charge >= 0.3 is 5.97 Å². The summed E-state index contributed by atoms with van der Waals surface area (Å²) in [6.07, 6.45) is 1.40. The Morgan fingerprint density at radius 3 is 2.39 bits per heavy atom. The van der Waals surface area contributed by atoms with Crippen LogP contribution in [0.1, 0.15) is 12.5 Å². The summed E-state index contributed by atoms with van der Waals surface area (Å²) in [4.78, 5) is 34.8. The Morgan fingerprint density at radius 1 is 1.26 bits per heavy atom. The van der Waals surface area contributed by atoms with E-state index in [9.17, 15) is 14.4 Å². The van der Waals surface area contributed by atoms with Gasteiger partial charge in [-0.25, -0.2) is 0 Å². The van der Waals surface area contributed by atoms with Crippen molar-refractivity contribution in [2.45, 2.75) is 6.92 Å². The van der Waals surface area contributed by atoms with Crippen LogP contribution in [0.15, 0.2) is 17.7 Å². The topological polar surface area (TPSA) is 93.7 Å². The summed E-state index contributed by atoms with van der Waals surface area (Å²) in [6.45, 7) is 1.28. The molecule has 0 bridgehead atoms. The molecule has 0 unspecified atom stereocenters. The van der Waals surface area contributed by atoms with E-state index < -0.39 is 17.8 Å². The predicted octanol–water partition coefficient (Wildman–Crippen LogP) is 1.14. The lowest BCUT2D eigenvalue weighted by Gasteiger charge is -2.16. The summed E-state index contributed by atoms with van der Waals surface area (Å²) in [5.41, 5.74) is 0.451. The highest BCUT2D eigenvalue weighted by atomic mass is 127. The number of esters is 1. The van der Waals surface area contributed by atoms with Gasteiger partial charge in [0.1, 0.15) is 5.57 Å². The second-order valence-electron chi connectivity index (χ2n) is 4.42. The molecule has 1 aromatic rings. The van der Waals surface area contributed by atoms with Crippen LogP contribution in [0.4, 0.5) is 0 Å². The number of hydrogen-bond acceptors (Lipinski definition) is 6. The molecule has 1 heterocycles. The fourth-order valence-electron chi connectivity index (χ4n) is 1.84. The fraction of sp³-hybridized carbons (Fsp3) is 0.143. The summed E-state index contributed by atoms with van der Waals surface area (Å²) >= 11 is 6.70. The van der Waals surface area contributed by atoms with Gasteiger partial charge in [0.05, 0.1) is 10.7 Å². The van der Waals surface area contributed by atoms with Crippen molar-refractivity contribution < 1.29 is 23.9 Å². The molecule has 0 aromatic heterocycles. The standard InChI is InChI=1S/C14H11IN2O5S/c1-6(18)22-11-9(15)4-7(5-10(11)21-2)3-8-12(19)16-14(23)17-13(8)20/h3-5H,1-2H3,(H2,16,17,19,20,23). The van der Waals surface area contributed by atoms with E-state index in [1.165, 1.54) is 20.1 Å². The summed E-state index contributed by atoms with van der Waals surface area (Å²) in [7, 11) is 1.42. The predicted molar refractivity (Wildman–Crippen MR) is 93.9 cm³/mol. The zero-order chi connectivity index (χ0) is 17.1. The highest BCUT2D eigenvalue weighted by Crippen LogP contribution is 2.34. The van der Waals surface area contributed by atoms with Crippen LogP contribution < -0.4 is 20.1 Å². The Balaban J connectivity index is 2.44. The Morgan fingerprint density at radius 2 is 1.87 bits per heavy atom. The Hall–Kier alpha value is -2.01. The minimum absolute atomic E-state index is 0.0329. The van der Waals surface area contributed by atoms with Gasteiger partial charge in [-0.15, -0.1) is 0 Å². The lowest BCUT2D eigenvalue weighted by molar-refractivity contribution is -0.132. The third kappa shape index (κ3) is 4.05. The van der Waals surface area contributed by atoms with Gasteiger partial charge in [-0.1, -0.05) is 0 Å². The molecule has 9 heteroatoms. The number of carbonyl (C=O) groups excluding carboxylic acids is 3. The first-order valence-electron chi connectivity index (χ1n) is 6.26. The average molecular weight is 446 g/mol. The van der Waals surface area contributed by atoms with Crippen LogP contribution in [-0.2, 0) is 14.4 Å². The number of hydrogen-bond donors (Lipinski definition) is 2. The monoisotopic (exact) mass is 446 g/mol. The quantitative estimate of drug-likeness (QED) is 0.181. The lowest BCUT2D eigenvalue weighted by atomic mass is 10.1. The van der Waals surface area contributed by atoms with Crippen LogP contribution in [0.2, 0.25) is 0 Å². The van der Waals surface area contributed by atoms with E-state index in [4.69, 9.17) is 21.7 Å². The Labute approximate surface area is 150 Å². The minimum atomic E-state index is -0.586. The van der Waals surface area contributed by atoms with Gasteiger partial charge in [0.2, 0.25) is 0 Å². The van der Waals surface area contributed by atoms with E-state index >= 15 is 0 Å². The number of halogens is 1. The van der Waals surface area contributed by atoms with Crippen molar-refractivity contribution >= 4 is 63.8 Å². The number of rotatable bonds is 3. The molecule has 1 aliphatic heterocycles. The van der Waals surface area contributed by atoms with Crippen LogP contribution in [0.5, 0.6) is 11.5 Å². The summed E-state index contributed by atoms with van der Waals surface area (Å²) in [5, 5.41) is 4.67. The highest BCUT2D eigenvalue weighted by molar-refractivity contribution is 14.1. The molecule has 1 saturated heterocycles. The van der Waals surface area contributed by atoms with Crippen LogP contribution in [0, 0.1) is 3.57 Å². The first-order valence-corrected chi connectivity index (χ1v) is 7.75. The molecule has 1 aliphatic rings. The molecule has 0 spiro atoms. The molecule has 0 aliphatic carbocycles. The van der Waals surface area contributed by atoms with Crippen LogP contribution in [0.3, 0.4) is 0 Å². The molecule has 0 saturated carbocycles. The van der Waals surface area contributed by atoms with Gasteiger partial charge in [-0.3, -0.25) is 25.0 Å². The summed E-state index contributed by atoms with van der Waals surface area (Å²) < 4.78 is 10.9. The van der Waals surface area contributed by atoms with E-state index in [-0.39, 0.29) is 16.4 Å². The molecule has 1 fully saturated rings.